The van der Waals surface area contributed by atoms with Crippen molar-refractivity contribution in [3.8, 4) is 5.75 Å². The van der Waals surface area contributed by atoms with Gasteiger partial charge in [-0.05, 0) is 63.9 Å². The number of nitro benzene ring substituents is 1. The number of hydrogen-bond acceptors (Lipinski definition) is 3. The van der Waals surface area contributed by atoms with E-state index in [1.54, 1.807) is 6.07 Å². The molecule has 0 saturated heterocycles. The number of hydrogen-bond donors (Lipinski definition) is 0. The molecule has 1 aliphatic carbocycles. The average Bonchev–Trinajstić information content (AvgIpc) is 2.77. The average molecular weight is 418 g/mol. The van der Waals surface area contributed by atoms with Gasteiger partial charge in [-0.3, -0.25) is 10.1 Å². The normalized spacial score (nSPS) is 15.8. The van der Waals surface area contributed by atoms with Crippen molar-refractivity contribution in [1.29, 1.82) is 0 Å². The largest absolute Gasteiger partial charge is 0.492 e. The summed E-state index contributed by atoms with van der Waals surface area (Å²) in [5, 5.41) is 16.4. The topological polar surface area (TPSA) is 52.4 Å². The lowest BCUT2D eigenvalue weighted by Gasteiger charge is -2.26. The predicted octanol–water partition coefficient (Wildman–Crippen LogP) is 6.74. The van der Waals surface area contributed by atoms with Crippen LogP contribution in [0.3, 0.4) is 0 Å². The standard InChI is InChI=1S/C25H20ClNO3/c26-24-14-19(27(28)29)8-12-25(24)30-15-16-5-9-21-18(13-16)7-11-22-20-4-2-1-3-17(20)6-10-23(21)22/h1-4,6-8,10-12,14,16H,5,9,13,15H2. The van der Waals surface area contributed by atoms with Crippen LogP contribution in [0.15, 0.2) is 66.7 Å². The van der Waals surface area contributed by atoms with Gasteiger partial charge in [0.05, 0.1) is 16.6 Å². The molecule has 5 rings (SSSR count). The fourth-order valence-corrected chi connectivity index (χ4v) is 4.74. The number of halogens is 1. The van der Waals surface area contributed by atoms with Crippen molar-refractivity contribution in [1.82, 2.24) is 0 Å². The molecule has 0 N–H and O–H groups in total. The molecule has 0 radical (unpaired) electrons. The number of nitrogens with zero attached hydrogens (tertiary/aromatic N) is 1. The summed E-state index contributed by atoms with van der Waals surface area (Å²) < 4.78 is 5.92. The molecule has 30 heavy (non-hydrogen) atoms. The molecule has 0 aliphatic heterocycles. The van der Waals surface area contributed by atoms with E-state index in [0.29, 0.717) is 18.3 Å². The van der Waals surface area contributed by atoms with Crippen molar-refractivity contribution in [3.63, 3.8) is 0 Å². The fourth-order valence-electron chi connectivity index (χ4n) is 4.51. The van der Waals surface area contributed by atoms with Gasteiger partial charge in [0.2, 0.25) is 0 Å². The summed E-state index contributed by atoms with van der Waals surface area (Å²) in [7, 11) is 0. The Balaban J connectivity index is 1.36. The molecule has 0 saturated carbocycles. The molecule has 0 fully saturated rings. The van der Waals surface area contributed by atoms with Crippen molar-refractivity contribution in [2.45, 2.75) is 19.3 Å². The Labute approximate surface area is 179 Å². The van der Waals surface area contributed by atoms with Crippen LogP contribution in [0.25, 0.3) is 21.5 Å². The summed E-state index contributed by atoms with van der Waals surface area (Å²) >= 11 is 6.16. The van der Waals surface area contributed by atoms with Crippen LogP contribution in [-0.4, -0.2) is 11.5 Å². The Kier molecular flexibility index (Phi) is 4.80. The molecule has 0 bridgehead atoms. The molecule has 0 aromatic heterocycles. The molecule has 1 unspecified atom stereocenters. The van der Waals surface area contributed by atoms with E-state index in [0.717, 1.165) is 19.3 Å². The number of ether oxygens (including phenoxy) is 1. The maximum absolute atomic E-state index is 10.9. The molecular formula is C25H20ClNO3. The molecule has 0 amide bonds. The Morgan fingerprint density at radius 3 is 2.67 bits per heavy atom. The summed E-state index contributed by atoms with van der Waals surface area (Å²) in [6.07, 6.45) is 3.03. The third-order valence-corrected chi connectivity index (χ3v) is 6.34. The van der Waals surface area contributed by atoms with Gasteiger partial charge in [-0.2, -0.15) is 0 Å². The first-order valence-corrected chi connectivity index (χ1v) is 10.5. The predicted molar refractivity (Wildman–Crippen MR) is 121 cm³/mol. The zero-order valence-corrected chi connectivity index (χ0v) is 17.1. The smallest absolute Gasteiger partial charge is 0.271 e. The van der Waals surface area contributed by atoms with Gasteiger partial charge >= 0.3 is 0 Å². The molecular weight excluding hydrogens is 398 g/mol. The lowest BCUT2D eigenvalue weighted by Crippen LogP contribution is -2.21. The van der Waals surface area contributed by atoms with Crippen molar-refractivity contribution >= 4 is 38.8 Å². The van der Waals surface area contributed by atoms with Crippen LogP contribution in [-0.2, 0) is 12.8 Å². The van der Waals surface area contributed by atoms with Crippen molar-refractivity contribution < 1.29 is 9.66 Å². The first-order chi connectivity index (χ1) is 14.6. The van der Waals surface area contributed by atoms with Gasteiger partial charge in [0, 0.05) is 12.1 Å². The van der Waals surface area contributed by atoms with E-state index < -0.39 is 4.92 Å². The van der Waals surface area contributed by atoms with E-state index in [-0.39, 0.29) is 10.7 Å². The first kappa shape index (κ1) is 18.9. The van der Waals surface area contributed by atoms with E-state index in [2.05, 4.69) is 48.5 Å². The van der Waals surface area contributed by atoms with Crippen molar-refractivity contribution in [3.05, 3.63) is 93.0 Å². The van der Waals surface area contributed by atoms with Crippen LogP contribution in [0.4, 0.5) is 5.69 Å². The minimum Gasteiger partial charge on any atom is -0.492 e. The Hall–Kier alpha value is -3.11. The molecule has 4 nitrogen and oxygen atoms in total. The Morgan fingerprint density at radius 1 is 1.00 bits per heavy atom. The zero-order chi connectivity index (χ0) is 20.7. The first-order valence-electron chi connectivity index (χ1n) is 10.1. The van der Waals surface area contributed by atoms with Gasteiger partial charge in [-0.15, -0.1) is 0 Å². The maximum atomic E-state index is 10.9. The molecule has 0 heterocycles. The lowest BCUT2D eigenvalue weighted by atomic mass is 9.81. The number of rotatable bonds is 4. The highest BCUT2D eigenvalue weighted by Crippen LogP contribution is 2.36. The summed E-state index contributed by atoms with van der Waals surface area (Å²) in [5.74, 6) is 0.889. The van der Waals surface area contributed by atoms with Gasteiger partial charge in [0.1, 0.15) is 5.75 Å². The van der Waals surface area contributed by atoms with Crippen LogP contribution >= 0.6 is 11.6 Å². The van der Waals surface area contributed by atoms with E-state index in [1.165, 1.54) is 44.8 Å². The highest BCUT2D eigenvalue weighted by atomic mass is 35.5. The molecule has 5 heteroatoms. The molecule has 1 atom stereocenters. The highest BCUT2D eigenvalue weighted by Gasteiger charge is 2.22. The van der Waals surface area contributed by atoms with Gasteiger partial charge in [0.25, 0.3) is 5.69 Å². The molecule has 4 aromatic carbocycles. The quantitative estimate of drug-likeness (QED) is 0.210. The van der Waals surface area contributed by atoms with Crippen LogP contribution in [0, 0.1) is 16.0 Å². The summed E-state index contributed by atoms with van der Waals surface area (Å²) in [6.45, 7) is 0.548. The van der Waals surface area contributed by atoms with E-state index in [1.807, 2.05) is 0 Å². The molecule has 0 spiro atoms. The van der Waals surface area contributed by atoms with E-state index in [9.17, 15) is 10.1 Å². The third-order valence-electron chi connectivity index (χ3n) is 6.05. The Bertz CT molecular complexity index is 1280. The number of nitro groups is 1. The van der Waals surface area contributed by atoms with Gasteiger partial charge in [-0.25, -0.2) is 0 Å². The SMILES string of the molecule is O=[N+]([O-])c1ccc(OCC2CCc3c(ccc4c3ccc3ccccc34)C2)c(Cl)c1. The summed E-state index contributed by atoms with van der Waals surface area (Å²) in [4.78, 5) is 10.4. The number of benzene rings is 4. The van der Waals surface area contributed by atoms with Gasteiger partial charge in [-0.1, -0.05) is 60.1 Å². The molecule has 150 valence electrons. The zero-order valence-electron chi connectivity index (χ0n) is 16.3. The minimum absolute atomic E-state index is 0.0293. The summed E-state index contributed by atoms with van der Waals surface area (Å²) in [5.41, 5.74) is 2.80. The fraction of sp³-hybridized carbons (Fsp3) is 0.200. The van der Waals surface area contributed by atoms with Crippen LogP contribution in [0.2, 0.25) is 5.02 Å². The van der Waals surface area contributed by atoms with Crippen LogP contribution in [0.1, 0.15) is 17.5 Å². The summed E-state index contributed by atoms with van der Waals surface area (Å²) in [6, 6.07) is 21.8. The number of non-ortho nitro benzene ring substituents is 1. The van der Waals surface area contributed by atoms with Crippen LogP contribution in [0.5, 0.6) is 5.75 Å². The minimum atomic E-state index is -0.457. The Morgan fingerprint density at radius 2 is 1.83 bits per heavy atom. The van der Waals surface area contributed by atoms with Crippen molar-refractivity contribution in [2.24, 2.45) is 5.92 Å². The second-order valence-corrected chi connectivity index (χ2v) is 8.28. The number of aryl methyl sites for hydroxylation is 1. The van der Waals surface area contributed by atoms with Crippen molar-refractivity contribution in [2.75, 3.05) is 6.61 Å². The number of fused-ring (bicyclic) bond motifs is 5. The molecule has 1 aliphatic rings. The highest BCUT2D eigenvalue weighted by molar-refractivity contribution is 6.32. The maximum Gasteiger partial charge on any atom is 0.271 e. The van der Waals surface area contributed by atoms with Gasteiger partial charge < -0.3 is 4.74 Å². The van der Waals surface area contributed by atoms with Crippen LogP contribution < -0.4 is 4.74 Å². The molecule has 4 aromatic rings. The second-order valence-electron chi connectivity index (χ2n) is 7.88. The van der Waals surface area contributed by atoms with E-state index in [4.69, 9.17) is 16.3 Å². The van der Waals surface area contributed by atoms with Gasteiger partial charge in [0.15, 0.2) is 0 Å². The van der Waals surface area contributed by atoms with E-state index >= 15 is 0 Å². The monoisotopic (exact) mass is 417 g/mol. The second kappa shape index (κ2) is 7.62. The third kappa shape index (κ3) is 3.37. The lowest BCUT2D eigenvalue weighted by molar-refractivity contribution is -0.384.